The highest BCUT2D eigenvalue weighted by Gasteiger charge is 2.29. The predicted octanol–water partition coefficient (Wildman–Crippen LogP) is 0.246. The van der Waals surface area contributed by atoms with E-state index < -0.39 is 5.97 Å². The number of nitrogen functional groups attached to an aromatic ring is 1. The van der Waals surface area contributed by atoms with Gasteiger partial charge < -0.3 is 15.4 Å². The molecule has 0 aliphatic heterocycles. The summed E-state index contributed by atoms with van der Waals surface area (Å²) in [5.41, 5.74) is 7.76. The highest BCUT2D eigenvalue weighted by molar-refractivity contribution is 5.80. The molecule has 1 amide bonds. The van der Waals surface area contributed by atoms with Gasteiger partial charge in [0.25, 0.3) is 5.91 Å². The fraction of sp³-hybridized carbons (Fsp3) is 0.615. The third-order valence-corrected chi connectivity index (χ3v) is 3.56. The SMILES string of the molecule is Cc1nn(CC(=O)OCC(=O)N(C)C2CC2)c(C)c1N. The molecule has 0 bridgehead atoms. The topological polar surface area (TPSA) is 90.5 Å². The third kappa shape index (κ3) is 3.09. The summed E-state index contributed by atoms with van der Waals surface area (Å²) in [4.78, 5) is 25.0. The molecule has 1 saturated carbocycles. The molecule has 0 unspecified atom stereocenters. The molecule has 7 heteroatoms. The van der Waals surface area contributed by atoms with E-state index in [2.05, 4.69) is 5.10 Å². The molecular weight excluding hydrogens is 260 g/mol. The average molecular weight is 280 g/mol. The van der Waals surface area contributed by atoms with Crippen molar-refractivity contribution in [1.29, 1.82) is 0 Å². The quantitative estimate of drug-likeness (QED) is 0.781. The number of esters is 1. The monoisotopic (exact) mass is 280 g/mol. The van der Waals surface area contributed by atoms with Gasteiger partial charge in [0.1, 0.15) is 6.54 Å². The van der Waals surface area contributed by atoms with E-state index in [1.165, 1.54) is 4.68 Å². The first-order chi connectivity index (χ1) is 9.40. The summed E-state index contributed by atoms with van der Waals surface area (Å²) in [6, 6.07) is 0.317. The van der Waals surface area contributed by atoms with Gasteiger partial charge in [0.2, 0.25) is 0 Å². The van der Waals surface area contributed by atoms with E-state index in [0.29, 0.717) is 17.4 Å². The van der Waals surface area contributed by atoms with Gasteiger partial charge in [-0.3, -0.25) is 14.3 Å². The fourth-order valence-corrected chi connectivity index (χ4v) is 1.94. The first-order valence-corrected chi connectivity index (χ1v) is 6.61. The van der Waals surface area contributed by atoms with Crippen LogP contribution in [0.1, 0.15) is 24.2 Å². The van der Waals surface area contributed by atoms with Crippen LogP contribution in [0, 0.1) is 13.8 Å². The van der Waals surface area contributed by atoms with E-state index in [1.54, 1.807) is 25.8 Å². The van der Waals surface area contributed by atoms with E-state index in [1.807, 2.05) is 0 Å². The maximum absolute atomic E-state index is 11.7. The molecule has 7 nitrogen and oxygen atoms in total. The average Bonchev–Trinajstić information content (AvgIpc) is 3.22. The molecule has 2 N–H and O–H groups in total. The maximum Gasteiger partial charge on any atom is 0.328 e. The Morgan fingerprint density at radius 3 is 2.60 bits per heavy atom. The number of nitrogens with zero attached hydrogens (tertiary/aromatic N) is 3. The molecule has 1 aromatic heterocycles. The van der Waals surface area contributed by atoms with Crippen molar-refractivity contribution in [3.05, 3.63) is 11.4 Å². The van der Waals surface area contributed by atoms with E-state index >= 15 is 0 Å². The van der Waals surface area contributed by atoms with Crippen LogP contribution in [0.5, 0.6) is 0 Å². The summed E-state index contributed by atoms with van der Waals surface area (Å²) in [6.07, 6.45) is 2.06. The predicted molar refractivity (Wildman–Crippen MR) is 72.9 cm³/mol. The van der Waals surface area contributed by atoms with Crippen LogP contribution in [-0.4, -0.2) is 46.3 Å². The minimum atomic E-state index is -0.492. The van der Waals surface area contributed by atoms with Crippen molar-refractivity contribution in [2.45, 2.75) is 39.3 Å². The number of carbonyl (C=O) groups is 2. The Kier molecular flexibility index (Phi) is 3.96. The van der Waals surface area contributed by atoms with Crippen LogP contribution in [-0.2, 0) is 20.9 Å². The summed E-state index contributed by atoms with van der Waals surface area (Å²) < 4.78 is 6.47. The van der Waals surface area contributed by atoms with Crippen molar-refractivity contribution >= 4 is 17.6 Å². The number of ether oxygens (including phenoxy) is 1. The van der Waals surface area contributed by atoms with Crippen molar-refractivity contribution in [1.82, 2.24) is 14.7 Å². The Balaban J connectivity index is 1.83. The lowest BCUT2D eigenvalue weighted by molar-refractivity contribution is -0.152. The Labute approximate surface area is 117 Å². The number of aromatic nitrogens is 2. The summed E-state index contributed by atoms with van der Waals surface area (Å²) in [5.74, 6) is -0.665. The molecule has 0 spiro atoms. The van der Waals surface area contributed by atoms with Gasteiger partial charge in [-0.15, -0.1) is 0 Å². The summed E-state index contributed by atoms with van der Waals surface area (Å²) in [7, 11) is 1.73. The van der Waals surface area contributed by atoms with Gasteiger partial charge in [-0.25, -0.2) is 0 Å². The molecule has 1 aromatic rings. The van der Waals surface area contributed by atoms with Crippen molar-refractivity contribution in [3.8, 4) is 0 Å². The van der Waals surface area contributed by atoms with Crippen LogP contribution < -0.4 is 5.73 Å². The van der Waals surface area contributed by atoms with Gasteiger partial charge in [0.15, 0.2) is 6.61 Å². The van der Waals surface area contributed by atoms with Gasteiger partial charge in [-0.05, 0) is 26.7 Å². The van der Waals surface area contributed by atoms with Gasteiger partial charge >= 0.3 is 5.97 Å². The van der Waals surface area contributed by atoms with Gasteiger partial charge in [-0.1, -0.05) is 0 Å². The minimum Gasteiger partial charge on any atom is -0.454 e. The smallest absolute Gasteiger partial charge is 0.328 e. The zero-order valence-electron chi connectivity index (χ0n) is 12.0. The number of likely N-dealkylation sites (N-methyl/N-ethyl adjacent to an activating group) is 1. The Hall–Kier alpha value is -2.05. The Bertz CT molecular complexity index is 534. The number of carbonyl (C=O) groups excluding carboxylic acids is 2. The highest BCUT2D eigenvalue weighted by atomic mass is 16.5. The maximum atomic E-state index is 11.7. The molecule has 20 heavy (non-hydrogen) atoms. The Morgan fingerprint density at radius 2 is 2.10 bits per heavy atom. The first kappa shape index (κ1) is 14.4. The molecule has 110 valence electrons. The molecule has 1 heterocycles. The number of amides is 1. The molecule has 0 aromatic carbocycles. The summed E-state index contributed by atoms with van der Waals surface area (Å²) in [5, 5.41) is 4.15. The molecule has 1 aliphatic rings. The van der Waals surface area contributed by atoms with Gasteiger partial charge in [0, 0.05) is 13.1 Å². The number of aryl methyl sites for hydroxylation is 1. The number of nitrogens with two attached hydrogens (primary N) is 1. The standard InChI is InChI=1S/C13H20N4O3/c1-8-13(14)9(2)17(15-8)6-12(19)20-7-11(18)16(3)10-4-5-10/h10H,4-7,14H2,1-3H3. The molecule has 0 radical (unpaired) electrons. The second-order valence-corrected chi connectivity index (χ2v) is 5.14. The first-order valence-electron chi connectivity index (χ1n) is 6.61. The lowest BCUT2D eigenvalue weighted by atomic mass is 10.3. The van der Waals surface area contributed by atoms with E-state index in [-0.39, 0.29) is 19.1 Å². The van der Waals surface area contributed by atoms with Crippen LogP contribution in [0.4, 0.5) is 5.69 Å². The van der Waals surface area contributed by atoms with Gasteiger partial charge in [0.05, 0.1) is 17.1 Å². The fourth-order valence-electron chi connectivity index (χ4n) is 1.94. The van der Waals surface area contributed by atoms with E-state index in [9.17, 15) is 9.59 Å². The van der Waals surface area contributed by atoms with E-state index in [4.69, 9.17) is 10.5 Å². The van der Waals surface area contributed by atoms with Crippen LogP contribution in [0.3, 0.4) is 0 Å². The van der Waals surface area contributed by atoms with Crippen LogP contribution in [0.25, 0.3) is 0 Å². The number of hydrogen-bond donors (Lipinski definition) is 1. The second-order valence-electron chi connectivity index (χ2n) is 5.14. The van der Waals surface area contributed by atoms with Gasteiger partial charge in [-0.2, -0.15) is 5.10 Å². The summed E-state index contributed by atoms with van der Waals surface area (Å²) >= 11 is 0. The van der Waals surface area contributed by atoms with Crippen molar-refractivity contribution in [3.63, 3.8) is 0 Å². The lowest BCUT2D eigenvalue weighted by Crippen LogP contribution is -2.33. The zero-order valence-corrected chi connectivity index (χ0v) is 12.0. The molecule has 0 saturated heterocycles. The second kappa shape index (κ2) is 5.52. The lowest BCUT2D eigenvalue weighted by Gasteiger charge is -2.16. The summed E-state index contributed by atoms with van der Waals surface area (Å²) in [6.45, 7) is 3.30. The number of hydrogen-bond acceptors (Lipinski definition) is 5. The van der Waals surface area contributed by atoms with Crippen molar-refractivity contribution < 1.29 is 14.3 Å². The van der Waals surface area contributed by atoms with E-state index in [0.717, 1.165) is 18.5 Å². The molecule has 1 fully saturated rings. The normalized spacial score (nSPS) is 14.2. The Morgan fingerprint density at radius 1 is 1.45 bits per heavy atom. The van der Waals surface area contributed by atoms with Crippen LogP contribution in [0.15, 0.2) is 0 Å². The molecule has 2 rings (SSSR count). The highest BCUT2D eigenvalue weighted by Crippen LogP contribution is 2.25. The molecule has 0 atom stereocenters. The third-order valence-electron chi connectivity index (χ3n) is 3.56. The molecule has 1 aliphatic carbocycles. The largest absolute Gasteiger partial charge is 0.454 e. The van der Waals surface area contributed by atoms with Crippen molar-refractivity contribution in [2.24, 2.45) is 0 Å². The van der Waals surface area contributed by atoms with Crippen LogP contribution >= 0.6 is 0 Å². The zero-order chi connectivity index (χ0) is 14.9. The van der Waals surface area contributed by atoms with Crippen molar-refractivity contribution in [2.75, 3.05) is 19.4 Å². The number of anilines is 1. The molecular formula is C13H20N4O3. The number of rotatable bonds is 5. The van der Waals surface area contributed by atoms with Crippen LogP contribution in [0.2, 0.25) is 0 Å². The minimum absolute atomic E-state index is 0.0374.